The maximum atomic E-state index is 6.45. The van der Waals surface area contributed by atoms with Gasteiger partial charge in [-0.05, 0) is 0 Å². The van der Waals surface area contributed by atoms with Crippen molar-refractivity contribution in [3.8, 4) is 11.5 Å². The molecule has 2 aromatic rings. The summed E-state index contributed by atoms with van der Waals surface area (Å²) in [6, 6.07) is 17.4. The molecule has 0 aromatic heterocycles. The van der Waals surface area contributed by atoms with Gasteiger partial charge in [-0.25, -0.2) is 0 Å². The normalized spacial score (nSPS) is 13.2. The van der Waals surface area contributed by atoms with E-state index < -0.39 is 0 Å². The summed E-state index contributed by atoms with van der Waals surface area (Å²) < 4.78 is 15.4. The first-order valence-corrected chi connectivity index (χ1v) is 14.4. The summed E-state index contributed by atoms with van der Waals surface area (Å²) in [5, 5.41) is 0. The van der Waals surface area contributed by atoms with E-state index >= 15 is 0 Å². The molecular formula is C28H42IO2-. The number of rotatable bonds is 16. The molecule has 0 saturated heterocycles. The van der Waals surface area contributed by atoms with Gasteiger partial charge in [0.1, 0.15) is 0 Å². The van der Waals surface area contributed by atoms with Gasteiger partial charge in [0.05, 0.1) is 0 Å². The van der Waals surface area contributed by atoms with E-state index in [0.29, 0.717) is 11.8 Å². The van der Waals surface area contributed by atoms with Crippen LogP contribution in [0.15, 0.2) is 48.5 Å². The van der Waals surface area contributed by atoms with E-state index in [-0.39, 0.29) is 21.2 Å². The Kier molecular flexibility index (Phi) is 13.1. The number of unbranched alkanes of at least 4 members (excludes halogenated alkanes) is 2. The molecule has 0 aliphatic heterocycles. The van der Waals surface area contributed by atoms with Gasteiger partial charge in [0.25, 0.3) is 0 Å². The minimum atomic E-state index is -0.269. The van der Waals surface area contributed by atoms with E-state index in [1.54, 1.807) is 0 Å². The van der Waals surface area contributed by atoms with Gasteiger partial charge in [-0.1, -0.05) is 0 Å². The molecule has 174 valence electrons. The predicted molar refractivity (Wildman–Crippen MR) is 128 cm³/mol. The van der Waals surface area contributed by atoms with Crippen LogP contribution in [-0.4, -0.2) is 13.2 Å². The Hall–Kier alpha value is -1.23. The fourth-order valence-electron chi connectivity index (χ4n) is 3.58. The molecule has 31 heavy (non-hydrogen) atoms. The van der Waals surface area contributed by atoms with Crippen molar-refractivity contribution >= 4 is 0 Å². The molecular weight excluding hydrogens is 495 g/mol. The molecule has 0 aliphatic rings. The van der Waals surface area contributed by atoms with Gasteiger partial charge >= 0.3 is 202 Å². The molecule has 2 aromatic carbocycles. The van der Waals surface area contributed by atoms with E-state index in [9.17, 15) is 0 Å². The Morgan fingerprint density at radius 3 is 1.94 bits per heavy atom. The third-order valence-corrected chi connectivity index (χ3v) is 8.71. The molecule has 0 fully saturated rings. The summed E-state index contributed by atoms with van der Waals surface area (Å²) in [4.78, 5) is 0. The zero-order valence-electron chi connectivity index (χ0n) is 20.0. The van der Waals surface area contributed by atoms with Gasteiger partial charge < -0.3 is 0 Å². The number of halogens is 1. The maximum absolute atomic E-state index is 6.45. The van der Waals surface area contributed by atoms with Crippen molar-refractivity contribution in [2.75, 3.05) is 13.2 Å². The quantitative estimate of drug-likeness (QED) is 0.281. The topological polar surface area (TPSA) is 18.5 Å². The summed E-state index contributed by atoms with van der Waals surface area (Å²) in [5.74, 6) is 3.25. The van der Waals surface area contributed by atoms with Crippen LogP contribution in [0.3, 0.4) is 0 Å². The fourth-order valence-corrected chi connectivity index (χ4v) is 5.96. The van der Waals surface area contributed by atoms with Crippen molar-refractivity contribution in [2.45, 2.75) is 79.1 Å². The van der Waals surface area contributed by atoms with Gasteiger partial charge in [0.2, 0.25) is 0 Å². The first-order valence-electron chi connectivity index (χ1n) is 12.3. The Labute approximate surface area is 201 Å². The summed E-state index contributed by atoms with van der Waals surface area (Å²) >= 11 is -0.269. The Morgan fingerprint density at radius 1 is 0.742 bits per heavy atom. The third-order valence-electron chi connectivity index (χ3n) is 5.89. The number of hydrogen-bond donors (Lipinski definition) is 0. The minimum absolute atomic E-state index is 0.269. The van der Waals surface area contributed by atoms with Crippen LogP contribution >= 0.6 is 0 Å². The SMILES string of the molecule is CCCCC(CC)COc1ccc([I-]c2ccccc2)c(OCC(CC)CCCC)c1. The molecule has 2 unspecified atom stereocenters. The zero-order valence-corrected chi connectivity index (χ0v) is 22.2. The van der Waals surface area contributed by atoms with E-state index in [1.165, 1.54) is 58.5 Å². The molecule has 0 saturated carbocycles. The Morgan fingerprint density at radius 2 is 1.35 bits per heavy atom. The van der Waals surface area contributed by atoms with Crippen LogP contribution in [0.1, 0.15) is 79.1 Å². The second-order valence-corrected chi connectivity index (χ2v) is 11.4. The fraction of sp³-hybridized carbons (Fsp3) is 0.571. The van der Waals surface area contributed by atoms with Crippen LogP contribution in [0.4, 0.5) is 0 Å². The molecule has 0 bridgehead atoms. The Bertz CT molecular complexity index is 716. The second-order valence-electron chi connectivity index (χ2n) is 8.44. The van der Waals surface area contributed by atoms with Crippen molar-refractivity contribution in [3.05, 3.63) is 55.7 Å². The van der Waals surface area contributed by atoms with E-state index in [0.717, 1.165) is 24.7 Å². The molecule has 0 radical (unpaired) electrons. The Balaban J connectivity index is 2.11. The monoisotopic (exact) mass is 537 g/mol. The molecule has 0 aliphatic carbocycles. The summed E-state index contributed by atoms with van der Waals surface area (Å²) in [7, 11) is 0. The van der Waals surface area contributed by atoms with Crippen molar-refractivity contribution in [3.63, 3.8) is 0 Å². The molecule has 0 heterocycles. The first kappa shape index (κ1) is 26.0. The molecule has 3 heteroatoms. The standard InChI is InChI=1S/C28H42IO2/c1-5-9-14-23(7-3)21-30-26-18-19-27(29-25-16-12-11-13-17-25)28(20-26)31-22-24(8-4)15-10-6-2/h11-13,16-20,23-24H,5-10,14-15,21-22H2,1-4H3/q-1. The molecule has 2 rings (SSSR count). The van der Waals surface area contributed by atoms with Crippen LogP contribution in [0, 0.1) is 19.0 Å². The van der Waals surface area contributed by atoms with Crippen LogP contribution in [0.2, 0.25) is 0 Å². The summed E-state index contributed by atoms with van der Waals surface area (Å²) in [5.41, 5.74) is 0. The number of hydrogen-bond acceptors (Lipinski definition) is 2. The molecule has 0 spiro atoms. The van der Waals surface area contributed by atoms with Crippen molar-refractivity contribution < 1.29 is 30.7 Å². The van der Waals surface area contributed by atoms with E-state index in [4.69, 9.17) is 9.47 Å². The number of ether oxygens (including phenoxy) is 2. The third kappa shape index (κ3) is 9.84. The van der Waals surface area contributed by atoms with E-state index in [1.807, 2.05) is 0 Å². The van der Waals surface area contributed by atoms with Gasteiger partial charge in [0.15, 0.2) is 0 Å². The van der Waals surface area contributed by atoms with Crippen molar-refractivity contribution in [1.82, 2.24) is 0 Å². The molecule has 0 amide bonds. The number of benzene rings is 2. The summed E-state index contributed by atoms with van der Waals surface area (Å²) in [6.45, 7) is 10.7. The van der Waals surface area contributed by atoms with Gasteiger partial charge in [0, 0.05) is 0 Å². The van der Waals surface area contributed by atoms with Crippen LogP contribution in [-0.2, 0) is 0 Å². The predicted octanol–water partition coefficient (Wildman–Crippen LogP) is 5.01. The second kappa shape index (κ2) is 15.6. The van der Waals surface area contributed by atoms with Gasteiger partial charge in [-0.2, -0.15) is 0 Å². The average molecular weight is 538 g/mol. The van der Waals surface area contributed by atoms with Crippen LogP contribution < -0.4 is 30.7 Å². The molecule has 0 N–H and O–H groups in total. The average Bonchev–Trinajstić information content (AvgIpc) is 2.81. The molecule has 2 atom stereocenters. The van der Waals surface area contributed by atoms with Crippen molar-refractivity contribution in [1.29, 1.82) is 0 Å². The van der Waals surface area contributed by atoms with Crippen LogP contribution in [0.25, 0.3) is 0 Å². The molecule has 2 nitrogen and oxygen atoms in total. The van der Waals surface area contributed by atoms with E-state index in [2.05, 4.69) is 76.2 Å². The van der Waals surface area contributed by atoms with Gasteiger partial charge in [-0.15, -0.1) is 0 Å². The van der Waals surface area contributed by atoms with Crippen LogP contribution in [0.5, 0.6) is 11.5 Å². The van der Waals surface area contributed by atoms with Crippen molar-refractivity contribution in [2.24, 2.45) is 11.8 Å². The first-order chi connectivity index (χ1) is 15.2. The summed E-state index contributed by atoms with van der Waals surface area (Å²) in [6.07, 6.45) is 9.93. The zero-order chi connectivity index (χ0) is 22.3. The van der Waals surface area contributed by atoms with Gasteiger partial charge in [-0.3, -0.25) is 0 Å².